The molecule has 0 radical (unpaired) electrons. The van der Waals surface area contributed by atoms with Gasteiger partial charge < -0.3 is 9.88 Å². The molecule has 1 N–H and O–H groups in total. The molecule has 0 amide bonds. The van der Waals surface area contributed by atoms with E-state index in [1.165, 1.54) is 0 Å². The van der Waals surface area contributed by atoms with Gasteiger partial charge in [-0.3, -0.25) is 4.68 Å². The molecule has 0 unspecified atom stereocenters. The van der Waals surface area contributed by atoms with Crippen molar-refractivity contribution in [3.8, 4) is 0 Å². The van der Waals surface area contributed by atoms with E-state index in [0.29, 0.717) is 11.4 Å². The van der Waals surface area contributed by atoms with Crippen LogP contribution in [0.3, 0.4) is 0 Å². The number of aromatic nitrogens is 7. The molecule has 0 aromatic carbocycles. The topological polar surface area (TPSA) is 86.3 Å². The van der Waals surface area contributed by atoms with Crippen molar-refractivity contribution < 1.29 is 13.2 Å². The number of nitrogens with one attached hydrogen (secondary N) is 1. The van der Waals surface area contributed by atoms with Crippen molar-refractivity contribution >= 4 is 11.6 Å². The van der Waals surface area contributed by atoms with Gasteiger partial charge in [-0.25, -0.2) is 9.97 Å². The zero-order valence-electron chi connectivity index (χ0n) is 15.0. The summed E-state index contributed by atoms with van der Waals surface area (Å²) in [6, 6.07) is -0.0210. The van der Waals surface area contributed by atoms with Crippen LogP contribution in [-0.4, -0.2) is 34.5 Å². The molecule has 4 heterocycles. The molecule has 0 saturated heterocycles. The van der Waals surface area contributed by atoms with Crippen molar-refractivity contribution in [2.75, 3.05) is 5.32 Å². The second kappa shape index (κ2) is 6.01. The van der Waals surface area contributed by atoms with Gasteiger partial charge in [0, 0.05) is 24.9 Å². The molecule has 5 rings (SSSR count). The highest BCUT2D eigenvalue weighted by molar-refractivity contribution is 5.55. The summed E-state index contributed by atoms with van der Waals surface area (Å²) in [4.78, 5) is 8.05. The molecule has 1 atom stereocenters. The van der Waals surface area contributed by atoms with Crippen LogP contribution in [0.4, 0.5) is 24.8 Å². The largest absolute Gasteiger partial charge is 0.419 e. The first-order chi connectivity index (χ1) is 13.4. The second-order valence-electron chi connectivity index (χ2n) is 7.18. The number of rotatable bonds is 4. The van der Waals surface area contributed by atoms with Gasteiger partial charge in [0.1, 0.15) is 12.4 Å². The highest BCUT2D eigenvalue weighted by Gasteiger charge is 2.40. The van der Waals surface area contributed by atoms with E-state index in [4.69, 9.17) is 0 Å². The molecule has 0 spiro atoms. The van der Waals surface area contributed by atoms with Crippen molar-refractivity contribution in [3.63, 3.8) is 0 Å². The first-order valence-corrected chi connectivity index (χ1v) is 9.05. The summed E-state index contributed by atoms with van der Waals surface area (Å²) in [7, 11) is 0. The monoisotopic (exact) mass is 390 g/mol. The van der Waals surface area contributed by atoms with E-state index >= 15 is 0 Å². The van der Waals surface area contributed by atoms with Gasteiger partial charge in [0.2, 0.25) is 5.95 Å². The summed E-state index contributed by atoms with van der Waals surface area (Å²) in [5, 5.41) is 15.6. The Balaban J connectivity index is 1.43. The lowest BCUT2D eigenvalue weighted by Crippen LogP contribution is -2.12. The van der Waals surface area contributed by atoms with Gasteiger partial charge in [-0.1, -0.05) is 0 Å². The Labute approximate surface area is 157 Å². The van der Waals surface area contributed by atoms with E-state index in [1.807, 2.05) is 17.7 Å². The van der Waals surface area contributed by atoms with Gasteiger partial charge in [0.05, 0.1) is 22.6 Å². The quantitative estimate of drug-likeness (QED) is 0.736. The van der Waals surface area contributed by atoms with Crippen molar-refractivity contribution in [1.82, 2.24) is 34.5 Å². The molecule has 3 aromatic heterocycles. The molecule has 3 aromatic rings. The fourth-order valence-corrected chi connectivity index (χ4v) is 3.56. The Kier molecular flexibility index (Phi) is 3.68. The molecule has 28 heavy (non-hydrogen) atoms. The lowest BCUT2D eigenvalue weighted by atomic mass is 10.1. The van der Waals surface area contributed by atoms with Gasteiger partial charge in [0.25, 0.3) is 0 Å². The molecule has 2 aliphatic rings. The van der Waals surface area contributed by atoms with Gasteiger partial charge in [-0.2, -0.15) is 18.3 Å². The molecular formula is C17H17F3N8. The number of nitrogens with zero attached hydrogens (tertiary/aromatic N) is 7. The number of hydrogen-bond acceptors (Lipinski definition) is 6. The third kappa shape index (κ3) is 2.90. The first-order valence-electron chi connectivity index (χ1n) is 9.05. The minimum Gasteiger partial charge on any atom is -0.321 e. The summed E-state index contributed by atoms with van der Waals surface area (Å²) in [6.07, 6.45) is 2.21. The number of anilines is 2. The molecule has 1 saturated carbocycles. The number of aryl methyl sites for hydroxylation is 2. The lowest BCUT2D eigenvalue weighted by Gasteiger charge is -2.12. The van der Waals surface area contributed by atoms with Crippen LogP contribution < -0.4 is 5.32 Å². The van der Waals surface area contributed by atoms with Crippen LogP contribution in [0, 0.1) is 6.92 Å². The maximum atomic E-state index is 13.2. The van der Waals surface area contributed by atoms with E-state index in [2.05, 4.69) is 30.6 Å². The third-order valence-corrected chi connectivity index (χ3v) is 5.16. The number of alkyl halides is 3. The van der Waals surface area contributed by atoms with E-state index in [9.17, 15) is 13.2 Å². The molecule has 146 valence electrons. The molecule has 1 aliphatic heterocycles. The molecule has 0 bridgehead atoms. The number of fused-ring (bicyclic) bond motifs is 1. The zero-order valence-corrected chi connectivity index (χ0v) is 15.0. The summed E-state index contributed by atoms with van der Waals surface area (Å²) in [6.45, 7) is 2.64. The zero-order chi connectivity index (χ0) is 19.5. The highest BCUT2D eigenvalue weighted by atomic mass is 19.4. The van der Waals surface area contributed by atoms with E-state index in [0.717, 1.165) is 37.8 Å². The molecule has 11 heteroatoms. The van der Waals surface area contributed by atoms with E-state index in [1.54, 1.807) is 11.0 Å². The highest BCUT2D eigenvalue weighted by Crippen LogP contribution is 2.45. The molecule has 1 fully saturated rings. The fourth-order valence-electron chi connectivity index (χ4n) is 3.56. The molecular weight excluding hydrogens is 373 g/mol. The summed E-state index contributed by atoms with van der Waals surface area (Å²) >= 11 is 0. The smallest absolute Gasteiger partial charge is 0.321 e. The Morgan fingerprint density at radius 3 is 2.79 bits per heavy atom. The summed E-state index contributed by atoms with van der Waals surface area (Å²) in [5.74, 6) is 0.844. The predicted octanol–water partition coefficient (Wildman–Crippen LogP) is 3.21. The Morgan fingerprint density at radius 1 is 1.21 bits per heavy atom. The van der Waals surface area contributed by atoms with Crippen LogP contribution in [-0.2, 0) is 12.7 Å². The van der Waals surface area contributed by atoms with Crippen LogP contribution >= 0.6 is 0 Å². The van der Waals surface area contributed by atoms with Gasteiger partial charge in [0.15, 0.2) is 5.82 Å². The van der Waals surface area contributed by atoms with Gasteiger partial charge in [-0.15, -0.1) is 10.2 Å². The Bertz CT molecular complexity index is 1030. The predicted molar refractivity (Wildman–Crippen MR) is 92.0 cm³/mol. The second-order valence-corrected chi connectivity index (χ2v) is 7.18. The third-order valence-electron chi connectivity index (χ3n) is 5.16. The fraction of sp³-hybridized carbons (Fsp3) is 0.471. The van der Waals surface area contributed by atoms with Crippen molar-refractivity contribution in [1.29, 1.82) is 0 Å². The summed E-state index contributed by atoms with van der Waals surface area (Å²) in [5.41, 5.74) is 0.672. The maximum Gasteiger partial charge on any atom is 0.419 e. The molecule has 8 nitrogen and oxygen atoms in total. The first kappa shape index (κ1) is 17.1. The van der Waals surface area contributed by atoms with Crippen LogP contribution in [0.25, 0.3) is 0 Å². The minimum absolute atomic E-state index is 0.0210. The normalized spacial score (nSPS) is 19.1. The Morgan fingerprint density at radius 2 is 2.04 bits per heavy atom. The van der Waals surface area contributed by atoms with Crippen molar-refractivity contribution in [3.05, 3.63) is 41.5 Å². The Hall–Kier alpha value is -2.98. The van der Waals surface area contributed by atoms with Crippen LogP contribution in [0.15, 0.2) is 18.7 Å². The lowest BCUT2D eigenvalue weighted by molar-refractivity contribution is -0.138. The minimum atomic E-state index is -4.45. The van der Waals surface area contributed by atoms with Gasteiger partial charge >= 0.3 is 6.18 Å². The van der Waals surface area contributed by atoms with Crippen LogP contribution in [0.2, 0.25) is 0 Å². The number of hydrogen-bond donors (Lipinski definition) is 1. The SMILES string of the molecule is Cc1nn([C@H]2CCn3cnnc32)cc1Nc1ncc(C(F)(F)F)c(C2CC2)n1. The molecule has 1 aliphatic carbocycles. The van der Waals surface area contributed by atoms with Crippen LogP contribution in [0.5, 0.6) is 0 Å². The average molecular weight is 390 g/mol. The van der Waals surface area contributed by atoms with Crippen molar-refractivity contribution in [2.24, 2.45) is 0 Å². The van der Waals surface area contributed by atoms with Gasteiger partial charge in [-0.05, 0) is 26.2 Å². The maximum absolute atomic E-state index is 13.2. The van der Waals surface area contributed by atoms with E-state index in [-0.39, 0.29) is 23.6 Å². The van der Waals surface area contributed by atoms with Crippen molar-refractivity contribution in [2.45, 2.75) is 50.9 Å². The van der Waals surface area contributed by atoms with E-state index < -0.39 is 11.7 Å². The standard InChI is InChI=1S/C17H17F3N8/c1-9-12(7-28(26-9)13-4-5-27-8-22-25-15(13)27)23-16-21-6-11(17(18,19)20)14(24-16)10-2-3-10/h6-8,10,13H,2-5H2,1H3,(H,21,23,24)/t13-/m0/s1. The summed E-state index contributed by atoms with van der Waals surface area (Å²) < 4.78 is 43.4. The van der Waals surface area contributed by atoms with Crippen LogP contribution in [0.1, 0.15) is 54.0 Å². The average Bonchev–Trinajstić information content (AvgIpc) is 3.08. The number of halogens is 3.